The second-order valence-corrected chi connectivity index (χ2v) is 7.31. The van der Waals surface area contributed by atoms with Crippen LogP contribution in [0.3, 0.4) is 0 Å². The topological polar surface area (TPSA) is 105 Å². The highest BCUT2D eigenvalue weighted by Gasteiger charge is 2.36. The van der Waals surface area contributed by atoms with E-state index >= 15 is 0 Å². The molecule has 0 aliphatic carbocycles. The Kier molecular flexibility index (Phi) is 6.91. The molecule has 2 aromatic rings. The number of anilines is 1. The number of hydrogen-bond acceptors (Lipinski definition) is 5. The Balaban J connectivity index is 1.49. The van der Waals surface area contributed by atoms with Gasteiger partial charge in [0.1, 0.15) is 0 Å². The van der Waals surface area contributed by atoms with Crippen LogP contribution in [0.4, 0.5) is 5.69 Å². The Morgan fingerprint density at radius 1 is 1.07 bits per heavy atom. The Bertz CT molecular complexity index is 984. The lowest BCUT2D eigenvalue weighted by atomic mass is 10.1. The molecule has 0 bridgehead atoms. The third-order valence-corrected chi connectivity index (χ3v) is 5.02. The van der Waals surface area contributed by atoms with Crippen LogP contribution in [-0.2, 0) is 19.1 Å². The summed E-state index contributed by atoms with van der Waals surface area (Å²) in [5.41, 5.74) is 3.21. The summed E-state index contributed by atoms with van der Waals surface area (Å²) in [6.45, 7) is -0.543. The average Bonchev–Trinajstić information content (AvgIpc) is 3.09. The maximum Gasteiger partial charge on any atom is 0.311 e. The van der Waals surface area contributed by atoms with Gasteiger partial charge in [-0.3, -0.25) is 29.6 Å². The number of hydrogen-bond donors (Lipinski definition) is 2. The van der Waals surface area contributed by atoms with Crippen molar-refractivity contribution >= 4 is 52.6 Å². The van der Waals surface area contributed by atoms with Gasteiger partial charge in [-0.15, -0.1) is 0 Å². The Morgan fingerprint density at radius 3 is 2.50 bits per heavy atom. The molecule has 10 heteroatoms. The zero-order chi connectivity index (χ0) is 21.7. The second-order valence-electron chi connectivity index (χ2n) is 6.50. The van der Waals surface area contributed by atoms with Crippen LogP contribution in [0.2, 0.25) is 10.0 Å². The zero-order valence-corrected chi connectivity index (χ0v) is 17.1. The van der Waals surface area contributed by atoms with Crippen molar-refractivity contribution in [3.8, 4) is 0 Å². The predicted octanol–water partition coefficient (Wildman–Crippen LogP) is 2.67. The van der Waals surface area contributed by atoms with Crippen LogP contribution in [0.15, 0.2) is 48.5 Å². The van der Waals surface area contributed by atoms with Gasteiger partial charge in [-0.05, 0) is 30.3 Å². The van der Waals surface area contributed by atoms with Gasteiger partial charge in [0.2, 0.25) is 5.91 Å². The van der Waals surface area contributed by atoms with Gasteiger partial charge in [-0.25, -0.2) is 0 Å². The van der Waals surface area contributed by atoms with Crippen molar-refractivity contribution in [2.24, 2.45) is 5.92 Å². The van der Waals surface area contributed by atoms with E-state index in [1.165, 1.54) is 18.2 Å². The summed E-state index contributed by atoms with van der Waals surface area (Å²) in [5, 5.41) is 4.13. The summed E-state index contributed by atoms with van der Waals surface area (Å²) in [6, 6.07) is 13.0. The van der Waals surface area contributed by atoms with Crippen LogP contribution < -0.4 is 10.7 Å². The van der Waals surface area contributed by atoms with E-state index < -0.39 is 36.2 Å². The second kappa shape index (κ2) is 9.60. The van der Waals surface area contributed by atoms with Crippen molar-refractivity contribution in [3.63, 3.8) is 0 Å². The Morgan fingerprint density at radius 2 is 1.80 bits per heavy atom. The van der Waals surface area contributed by atoms with E-state index in [2.05, 4.69) is 10.7 Å². The first-order valence-electron chi connectivity index (χ1n) is 8.91. The first-order valence-corrected chi connectivity index (χ1v) is 9.67. The van der Waals surface area contributed by atoms with E-state index in [1.807, 2.05) is 0 Å². The molecular formula is C20H17Cl2N3O5. The van der Waals surface area contributed by atoms with E-state index in [-0.39, 0.29) is 23.6 Å². The highest BCUT2D eigenvalue weighted by molar-refractivity contribution is 6.42. The molecule has 0 unspecified atom stereocenters. The van der Waals surface area contributed by atoms with E-state index in [1.54, 1.807) is 30.3 Å². The molecule has 156 valence electrons. The fraction of sp³-hybridized carbons (Fsp3) is 0.200. The molecule has 0 radical (unpaired) electrons. The van der Waals surface area contributed by atoms with Crippen molar-refractivity contribution < 1.29 is 23.9 Å². The molecule has 1 fully saturated rings. The normalized spacial score (nSPS) is 15.6. The highest BCUT2D eigenvalue weighted by Crippen LogP contribution is 2.23. The fourth-order valence-electron chi connectivity index (χ4n) is 2.77. The van der Waals surface area contributed by atoms with Crippen molar-refractivity contribution in [2.75, 3.05) is 18.5 Å². The SMILES string of the molecule is O=C(COC(=O)[C@@H]1CC(=O)N(NC(=O)c2ccc(Cl)c(Cl)c2)C1)Nc1ccccc1. The third-order valence-electron chi connectivity index (χ3n) is 4.28. The van der Waals surface area contributed by atoms with Crippen LogP contribution in [0.1, 0.15) is 16.8 Å². The molecule has 8 nitrogen and oxygen atoms in total. The summed E-state index contributed by atoms with van der Waals surface area (Å²) >= 11 is 11.7. The lowest BCUT2D eigenvalue weighted by Gasteiger charge is -2.17. The minimum absolute atomic E-state index is 0.0645. The van der Waals surface area contributed by atoms with Crippen LogP contribution in [-0.4, -0.2) is 41.9 Å². The molecule has 30 heavy (non-hydrogen) atoms. The number of para-hydroxylation sites is 1. The number of esters is 1. The van der Waals surface area contributed by atoms with Gasteiger partial charge in [0.15, 0.2) is 6.61 Å². The zero-order valence-electron chi connectivity index (χ0n) is 15.6. The molecule has 0 saturated carbocycles. The van der Waals surface area contributed by atoms with Gasteiger partial charge < -0.3 is 10.1 Å². The summed E-state index contributed by atoms with van der Waals surface area (Å²) in [4.78, 5) is 48.5. The van der Waals surface area contributed by atoms with Crippen LogP contribution in [0.25, 0.3) is 0 Å². The molecule has 0 aromatic heterocycles. The number of carbonyl (C=O) groups excluding carboxylic acids is 4. The summed E-state index contributed by atoms with van der Waals surface area (Å²) in [6.07, 6.45) is -0.138. The van der Waals surface area contributed by atoms with Gasteiger partial charge >= 0.3 is 5.97 Å². The molecule has 2 N–H and O–H groups in total. The maximum absolute atomic E-state index is 12.3. The van der Waals surface area contributed by atoms with E-state index in [4.69, 9.17) is 27.9 Å². The van der Waals surface area contributed by atoms with E-state index in [0.717, 1.165) is 5.01 Å². The molecule has 1 atom stereocenters. The van der Waals surface area contributed by atoms with E-state index in [9.17, 15) is 19.2 Å². The van der Waals surface area contributed by atoms with Crippen LogP contribution in [0.5, 0.6) is 0 Å². The molecule has 1 aliphatic heterocycles. The minimum atomic E-state index is -0.795. The first kappa shape index (κ1) is 21.6. The van der Waals surface area contributed by atoms with Crippen LogP contribution in [0, 0.1) is 5.92 Å². The molecule has 3 amide bonds. The lowest BCUT2D eigenvalue weighted by molar-refractivity contribution is -0.151. The minimum Gasteiger partial charge on any atom is -0.455 e. The number of rotatable bonds is 6. The van der Waals surface area contributed by atoms with Crippen molar-refractivity contribution in [1.29, 1.82) is 0 Å². The smallest absolute Gasteiger partial charge is 0.311 e. The molecular weight excluding hydrogens is 433 g/mol. The monoisotopic (exact) mass is 449 g/mol. The average molecular weight is 450 g/mol. The number of ether oxygens (including phenoxy) is 1. The fourth-order valence-corrected chi connectivity index (χ4v) is 3.07. The molecule has 2 aromatic carbocycles. The number of amides is 3. The summed E-state index contributed by atoms with van der Waals surface area (Å²) in [5.74, 6) is -3.00. The number of carbonyl (C=O) groups is 4. The van der Waals surface area contributed by atoms with Crippen molar-refractivity contribution in [3.05, 3.63) is 64.1 Å². The van der Waals surface area contributed by atoms with Gasteiger partial charge in [0, 0.05) is 17.7 Å². The van der Waals surface area contributed by atoms with Crippen LogP contribution >= 0.6 is 23.2 Å². The maximum atomic E-state index is 12.3. The quantitative estimate of drug-likeness (QED) is 0.659. The van der Waals surface area contributed by atoms with Crippen molar-refractivity contribution in [2.45, 2.75) is 6.42 Å². The van der Waals surface area contributed by atoms with Gasteiger partial charge in [-0.1, -0.05) is 41.4 Å². The Labute approximate surface area is 182 Å². The van der Waals surface area contributed by atoms with Gasteiger partial charge in [0.25, 0.3) is 11.8 Å². The largest absolute Gasteiger partial charge is 0.455 e. The Hall–Kier alpha value is -3.10. The first-order chi connectivity index (χ1) is 14.3. The molecule has 1 heterocycles. The summed E-state index contributed by atoms with van der Waals surface area (Å²) < 4.78 is 5.00. The molecule has 0 spiro atoms. The van der Waals surface area contributed by atoms with Gasteiger partial charge in [0.05, 0.1) is 22.5 Å². The standard InChI is InChI=1S/C20H17Cl2N3O5/c21-15-7-6-12(8-16(15)22)19(28)24-25-10-13(9-18(25)27)20(29)30-11-17(26)23-14-4-2-1-3-5-14/h1-8,13H,9-11H2,(H,23,26)(H,24,28)/t13-/m1/s1. The number of nitrogens with one attached hydrogen (secondary N) is 2. The number of nitrogens with zero attached hydrogens (tertiary/aromatic N) is 1. The number of hydrazine groups is 1. The molecule has 1 aliphatic rings. The van der Waals surface area contributed by atoms with E-state index in [0.29, 0.717) is 10.7 Å². The summed E-state index contributed by atoms with van der Waals surface area (Å²) in [7, 11) is 0. The number of benzene rings is 2. The number of halogens is 2. The highest BCUT2D eigenvalue weighted by atomic mass is 35.5. The van der Waals surface area contributed by atoms with Crippen molar-refractivity contribution in [1.82, 2.24) is 10.4 Å². The molecule has 1 saturated heterocycles. The van der Waals surface area contributed by atoms with Gasteiger partial charge in [-0.2, -0.15) is 0 Å². The predicted molar refractivity (Wildman–Crippen MR) is 110 cm³/mol. The lowest BCUT2D eigenvalue weighted by Crippen LogP contribution is -2.43. The third kappa shape index (κ3) is 5.49. The molecule has 3 rings (SSSR count).